The topological polar surface area (TPSA) is 30.9 Å². The van der Waals surface area contributed by atoms with E-state index in [0.29, 0.717) is 24.7 Å². The lowest BCUT2D eigenvalue weighted by Crippen LogP contribution is -2.43. The number of nitrogens with zero attached hydrogens (tertiary/aromatic N) is 1. The standard InChI is InChI=1S/C26H32FNO3/c1-29-23-7-8-24(27)21(15-23)14-18-10-12-28(13-11-18)22-5-2-19(3-6-22)20-4-9-25-26(16-20)31-17-30-25/h4,7-9,15-16,18-19,22H,2-3,5-6,10-14,17H2,1H3. The molecule has 1 aliphatic carbocycles. The summed E-state index contributed by atoms with van der Waals surface area (Å²) in [6, 6.07) is 12.2. The number of methoxy groups -OCH3 is 1. The molecule has 5 rings (SSSR count). The van der Waals surface area contributed by atoms with Gasteiger partial charge in [-0.1, -0.05) is 6.07 Å². The van der Waals surface area contributed by atoms with E-state index in [9.17, 15) is 4.39 Å². The highest BCUT2D eigenvalue weighted by atomic mass is 19.1. The molecule has 0 aromatic heterocycles. The number of benzene rings is 2. The highest BCUT2D eigenvalue weighted by Crippen LogP contribution is 2.40. The van der Waals surface area contributed by atoms with Crippen LogP contribution in [0.1, 0.15) is 55.6 Å². The van der Waals surface area contributed by atoms with Gasteiger partial charge in [0.05, 0.1) is 7.11 Å². The zero-order valence-electron chi connectivity index (χ0n) is 18.3. The van der Waals surface area contributed by atoms with Crippen molar-refractivity contribution in [1.82, 2.24) is 4.90 Å². The van der Waals surface area contributed by atoms with Crippen molar-refractivity contribution in [3.8, 4) is 17.2 Å². The van der Waals surface area contributed by atoms with Crippen molar-refractivity contribution < 1.29 is 18.6 Å². The van der Waals surface area contributed by atoms with Gasteiger partial charge in [-0.3, -0.25) is 0 Å². The molecule has 0 atom stereocenters. The highest BCUT2D eigenvalue weighted by Gasteiger charge is 2.30. The van der Waals surface area contributed by atoms with Gasteiger partial charge in [-0.15, -0.1) is 0 Å². The molecule has 0 radical (unpaired) electrons. The molecule has 2 aromatic carbocycles. The first-order valence-corrected chi connectivity index (χ1v) is 11.7. The number of piperidine rings is 1. The molecule has 2 aromatic rings. The number of halogens is 1. The summed E-state index contributed by atoms with van der Waals surface area (Å²) in [6.07, 6.45) is 8.10. The van der Waals surface area contributed by atoms with E-state index in [1.54, 1.807) is 13.2 Å². The van der Waals surface area contributed by atoms with E-state index in [1.807, 2.05) is 6.07 Å². The van der Waals surface area contributed by atoms with Crippen molar-refractivity contribution in [3.05, 3.63) is 53.3 Å². The van der Waals surface area contributed by atoms with Crippen LogP contribution in [0.3, 0.4) is 0 Å². The molecule has 2 aliphatic heterocycles. The first-order valence-electron chi connectivity index (χ1n) is 11.7. The first kappa shape index (κ1) is 20.6. The van der Waals surface area contributed by atoms with Crippen LogP contribution >= 0.6 is 0 Å². The van der Waals surface area contributed by atoms with Crippen molar-refractivity contribution in [3.63, 3.8) is 0 Å². The quantitative estimate of drug-likeness (QED) is 0.629. The molecule has 1 saturated heterocycles. The molecule has 1 saturated carbocycles. The molecule has 0 N–H and O–H groups in total. The van der Waals surface area contributed by atoms with Crippen molar-refractivity contribution in [1.29, 1.82) is 0 Å². The van der Waals surface area contributed by atoms with E-state index in [4.69, 9.17) is 14.2 Å². The maximum Gasteiger partial charge on any atom is 0.231 e. The minimum absolute atomic E-state index is 0.106. The third kappa shape index (κ3) is 4.52. The molecule has 31 heavy (non-hydrogen) atoms. The van der Waals surface area contributed by atoms with Gasteiger partial charge in [-0.2, -0.15) is 0 Å². The number of hydrogen-bond acceptors (Lipinski definition) is 4. The Kier molecular flexibility index (Phi) is 6.04. The van der Waals surface area contributed by atoms with E-state index in [-0.39, 0.29) is 5.82 Å². The van der Waals surface area contributed by atoms with Gasteiger partial charge in [0.2, 0.25) is 6.79 Å². The number of likely N-dealkylation sites (tertiary alicyclic amines) is 1. The van der Waals surface area contributed by atoms with Gasteiger partial charge < -0.3 is 19.1 Å². The average Bonchev–Trinajstić information content (AvgIpc) is 3.29. The molecule has 0 bridgehead atoms. The number of fused-ring (bicyclic) bond motifs is 1. The Morgan fingerprint density at radius 1 is 0.935 bits per heavy atom. The largest absolute Gasteiger partial charge is 0.497 e. The number of ether oxygens (including phenoxy) is 3. The van der Waals surface area contributed by atoms with Crippen LogP contribution in [0.4, 0.5) is 4.39 Å². The molecule has 5 heteroatoms. The van der Waals surface area contributed by atoms with E-state index in [0.717, 1.165) is 55.2 Å². The van der Waals surface area contributed by atoms with Crippen molar-refractivity contribution in [2.75, 3.05) is 27.0 Å². The second-order valence-corrected chi connectivity index (χ2v) is 9.26. The summed E-state index contributed by atoms with van der Waals surface area (Å²) in [5.74, 6) is 3.59. The van der Waals surface area contributed by atoms with Crippen LogP contribution in [0.2, 0.25) is 0 Å². The molecule has 3 aliphatic rings. The second-order valence-electron chi connectivity index (χ2n) is 9.26. The summed E-state index contributed by atoms with van der Waals surface area (Å²) in [4.78, 5) is 2.69. The Balaban J connectivity index is 1.11. The monoisotopic (exact) mass is 425 g/mol. The van der Waals surface area contributed by atoms with Crippen molar-refractivity contribution in [2.24, 2.45) is 5.92 Å². The van der Waals surface area contributed by atoms with Gasteiger partial charge in [-0.05, 0) is 111 Å². The van der Waals surface area contributed by atoms with Gasteiger partial charge in [0.15, 0.2) is 11.5 Å². The third-order valence-electron chi connectivity index (χ3n) is 7.49. The number of rotatable bonds is 5. The lowest BCUT2D eigenvalue weighted by molar-refractivity contribution is 0.102. The fourth-order valence-corrected chi connectivity index (χ4v) is 5.61. The van der Waals surface area contributed by atoms with Crippen LogP contribution < -0.4 is 14.2 Å². The van der Waals surface area contributed by atoms with E-state index < -0.39 is 0 Å². The van der Waals surface area contributed by atoms with Crippen LogP contribution in [-0.2, 0) is 6.42 Å². The van der Waals surface area contributed by atoms with Crippen LogP contribution in [0, 0.1) is 11.7 Å². The Morgan fingerprint density at radius 3 is 2.48 bits per heavy atom. The molecule has 2 fully saturated rings. The summed E-state index contributed by atoms with van der Waals surface area (Å²) in [5.41, 5.74) is 2.18. The maximum atomic E-state index is 14.2. The molecule has 0 spiro atoms. The summed E-state index contributed by atoms with van der Waals surface area (Å²) < 4.78 is 30.5. The van der Waals surface area contributed by atoms with Gasteiger partial charge in [-0.25, -0.2) is 4.39 Å². The maximum absolute atomic E-state index is 14.2. The van der Waals surface area contributed by atoms with Crippen LogP contribution in [0.25, 0.3) is 0 Å². The fraction of sp³-hybridized carbons (Fsp3) is 0.538. The molecule has 0 unspecified atom stereocenters. The Labute approximate surface area is 184 Å². The molecule has 0 amide bonds. The average molecular weight is 426 g/mol. The Bertz CT molecular complexity index is 902. The highest BCUT2D eigenvalue weighted by molar-refractivity contribution is 5.45. The summed E-state index contributed by atoms with van der Waals surface area (Å²) in [5, 5.41) is 0. The lowest BCUT2D eigenvalue weighted by Gasteiger charge is -2.41. The lowest BCUT2D eigenvalue weighted by atomic mass is 9.80. The molecular weight excluding hydrogens is 393 g/mol. The molecule has 2 heterocycles. The SMILES string of the molecule is COc1ccc(F)c(CC2CCN(C3CCC(c4ccc5c(c4)OCO5)CC3)CC2)c1. The van der Waals surface area contributed by atoms with Crippen molar-refractivity contribution in [2.45, 2.75) is 56.9 Å². The van der Waals surface area contributed by atoms with Crippen LogP contribution in [0.15, 0.2) is 36.4 Å². The van der Waals surface area contributed by atoms with E-state index in [2.05, 4.69) is 23.1 Å². The zero-order chi connectivity index (χ0) is 21.2. The summed E-state index contributed by atoms with van der Waals surface area (Å²) >= 11 is 0. The van der Waals surface area contributed by atoms with Crippen molar-refractivity contribution >= 4 is 0 Å². The van der Waals surface area contributed by atoms with Gasteiger partial charge in [0.1, 0.15) is 11.6 Å². The smallest absolute Gasteiger partial charge is 0.231 e. The summed E-state index contributed by atoms with van der Waals surface area (Å²) in [7, 11) is 1.64. The molecular formula is C26H32FNO3. The van der Waals surface area contributed by atoms with Crippen LogP contribution in [-0.4, -0.2) is 37.9 Å². The number of hydrogen-bond donors (Lipinski definition) is 0. The zero-order valence-corrected chi connectivity index (χ0v) is 18.3. The van der Waals surface area contributed by atoms with Gasteiger partial charge >= 0.3 is 0 Å². The van der Waals surface area contributed by atoms with E-state index >= 15 is 0 Å². The van der Waals surface area contributed by atoms with Gasteiger partial charge in [0.25, 0.3) is 0 Å². The predicted octanol–water partition coefficient (Wildman–Crippen LogP) is 5.54. The normalized spacial score (nSPS) is 24.3. The molecule has 166 valence electrons. The van der Waals surface area contributed by atoms with Crippen LogP contribution in [0.5, 0.6) is 17.2 Å². The minimum Gasteiger partial charge on any atom is -0.497 e. The first-order chi connectivity index (χ1) is 15.2. The van der Waals surface area contributed by atoms with Gasteiger partial charge in [0, 0.05) is 6.04 Å². The fourth-order valence-electron chi connectivity index (χ4n) is 5.61. The third-order valence-corrected chi connectivity index (χ3v) is 7.49. The Hall–Kier alpha value is -2.27. The Morgan fingerprint density at radius 2 is 1.71 bits per heavy atom. The van der Waals surface area contributed by atoms with E-state index in [1.165, 1.54) is 37.3 Å². The second kappa shape index (κ2) is 9.07. The minimum atomic E-state index is -0.106. The predicted molar refractivity (Wildman–Crippen MR) is 119 cm³/mol. The summed E-state index contributed by atoms with van der Waals surface area (Å²) in [6.45, 7) is 2.61. The molecule has 4 nitrogen and oxygen atoms in total.